The highest BCUT2D eigenvalue weighted by Gasteiger charge is 2.15. The molecule has 2 aromatic rings. The molecule has 0 bridgehead atoms. The van der Waals surface area contributed by atoms with Gasteiger partial charge in [0.05, 0.1) is 6.10 Å². The van der Waals surface area contributed by atoms with E-state index in [-0.39, 0.29) is 12.0 Å². The normalized spacial score (nSPS) is 16.5. The zero-order valence-corrected chi connectivity index (χ0v) is 14.5. The van der Waals surface area contributed by atoms with E-state index in [0.717, 1.165) is 48.9 Å². The number of anilines is 4. The van der Waals surface area contributed by atoms with Crippen molar-refractivity contribution in [3.8, 4) is 0 Å². The molecule has 132 valence electrons. The van der Waals surface area contributed by atoms with Crippen LogP contribution in [0.15, 0.2) is 30.3 Å². The highest BCUT2D eigenvalue weighted by molar-refractivity contribution is 5.88. The summed E-state index contributed by atoms with van der Waals surface area (Å²) in [4.78, 5) is 20.0. The number of nitrogens with zero attached hydrogens (tertiary/aromatic N) is 2. The van der Waals surface area contributed by atoms with E-state index < -0.39 is 0 Å². The van der Waals surface area contributed by atoms with Gasteiger partial charge in [-0.25, -0.2) is 4.98 Å². The maximum atomic E-state index is 11.1. The molecule has 1 aliphatic heterocycles. The Labute approximate surface area is 147 Å². The van der Waals surface area contributed by atoms with E-state index in [0.29, 0.717) is 5.95 Å². The van der Waals surface area contributed by atoms with Gasteiger partial charge >= 0.3 is 0 Å². The van der Waals surface area contributed by atoms with E-state index in [2.05, 4.69) is 25.9 Å². The van der Waals surface area contributed by atoms with E-state index in [1.54, 1.807) is 0 Å². The molecule has 0 saturated carbocycles. The number of carbonyl (C=O) groups excluding carboxylic acids is 1. The van der Waals surface area contributed by atoms with Gasteiger partial charge in [0.2, 0.25) is 11.9 Å². The Kier molecular flexibility index (Phi) is 5.45. The van der Waals surface area contributed by atoms with Crippen molar-refractivity contribution in [2.75, 3.05) is 29.1 Å². The minimum Gasteiger partial charge on any atom is -0.376 e. The second-order valence-electron chi connectivity index (χ2n) is 6.12. The highest BCUT2D eigenvalue weighted by atomic mass is 16.5. The molecule has 1 aromatic heterocycles. The van der Waals surface area contributed by atoms with Crippen LogP contribution < -0.4 is 16.0 Å². The van der Waals surface area contributed by atoms with Crippen LogP contribution >= 0.6 is 0 Å². The topological polar surface area (TPSA) is 88.2 Å². The SMILES string of the molecule is CC(=O)Nc1ccc(Nc2nc(C)cc(NCC3CCCO3)n2)cc1. The van der Waals surface area contributed by atoms with Gasteiger partial charge in [-0.3, -0.25) is 4.79 Å². The zero-order valence-electron chi connectivity index (χ0n) is 14.5. The minimum absolute atomic E-state index is 0.0929. The fourth-order valence-electron chi connectivity index (χ4n) is 2.71. The average Bonchev–Trinajstić information content (AvgIpc) is 3.07. The van der Waals surface area contributed by atoms with Crippen LogP contribution in [0.5, 0.6) is 0 Å². The lowest BCUT2D eigenvalue weighted by Gasteiger charge is -2.13. The maximum absolute atomic E-state index is 11.1. The van der Waals surface area contributed by atoms with E-state index in [1.807, 2.05) is 37.3 Å². The fourth-order valence-corrected chi connectivity index (χ4v) is 2.71. The lowest BCUT2D eigenvalue weighted by atomic mass is 10.2. The molecule has 2 heterocycles. The molecule has 25 heavy (non-hydrogen) atoms. The van der Waals surface area contributed by atoms with Crippen molar-refractivity contribution in [3.05, 3.63) is 36.0 Å². The second-order valence-corrected chi connectivity index (χ2v) is 6.12. The summed E-state index contributed by atoms with van der Waals surface area (Å²) in [5.41, 5.74) is 2.48. The summed E-state index contributed by atoms with van der Waals surface area (Å²) < 4.78 is 5.62. The first-order valence-corrected chi connectivity index (χ1v) is 8.44. The number of aromatic nitrogens is 2. The van der Waals surface area contributed by atoms with Crippen LogP contribution in [0, 0.1) is 6.92 Å². The predicted molar refractivity (Wildman–Crippen MR) is 98.3 cm³/mol. The van der Waals surface area contributed by atoms with Gasteiger partial charge in [-0.2, -0.15) is 4.98 Å². The number of carbonyl (C=O) groups is 1. The Morgan fingerprint density at radius 3 is 2.68 bits per heavy atom. The summed E-state index contributed by atoms with van der Waals surface area (Å²) in [5.74, 6) is 1.21. The summed E-state index contributed by atoms with van der Waals surface area (Å²) in [6, 6.07) is 9.32. The standard InChI is InChI=1S/C18H23N5O2/c1-12-10-17(19-11-16-4-3-9-25-16)23-18(20-12)22-15-7-5-14(6-8-15)21-13(2)24/h5-8,10,16H,3-4,9,11H2,1-2H3,(H,21,24)(H2,19,20,22,23). The van der Waals surface area contributed by atoms with Crippen LogP contribution in [0.2, 0.25) is 0 Å². The summed E-state index contributed by atoms with van der Waals surface area (Å²) in [6.45, 7) is 5.01. The maximum Gasteiger partial charge on any atom is 0.229 e. The van der Waals surface area contributed by atoms with E-state index in [4.69, 9.17) is 4.74 Å². The minimum atomic E-state index is -0.0929. The van der Waals surface area contributed by atoms with Crippen molar-refractivity contribution in [1.29, 1.82) is 0 Å². The lowest BCUT2D eigenvalue weighted by Crippen LogP contribution is -2.19. The van der Waals surface area contributed by atoms with Crippen LogP contribution in [-0.4, -0.2) is 35.1 Å². The fraction of sp³-hybridized carbons (Fsp3) is 0.389. The molecule has 3 N–H and O–H groups in total. The van der Waals surface area contributed by atoms with Gasteiger partial charge in [0.15, 0.2) is 0 Å². The third kappa shape index (κ3) is 5.15. The van der Waals surface area contributed by atoms with Gasteiger partial charge in [-0.15, -0.1) is 0 Å². The molecule has 1 atom stereocenters. The molecule has 1 aromatic carbocycles. The molecule has 0 aliphatic carbocycles. The third-order valence-electron chi connectivity index (χ3n) is 3.85. The Balaban J connectivity index is 1.64. The van der Waals surface area contributed by atoms with Gasteiger partial charge in [0, 0.05) is 43.2 Å². The first kappa shape index (κ1) is 17.2. The molecule has 1 unspecified atom stereocenters. The third-order valence-corrected chi connectivity index (χ3v) is 3.85. The number of amides is 1. The first-order valence-electron chi connectivity index (χ1n) is 8.44. The highest BCUT2D eigenvalue weighted by Crippen LogP contribution is 2.19. The molecule has 0 radical (unpaired) electrons. The van der Waals surface area contributed by atoms with Crippen LogP contribution in [0.3, 0.4) is 0 Å². The van der Waals surface area contributed by atoms with Crippen molar-refractivity contribution in [1.82, 2.24) is 9.97 Å². The Morgan fingerprint density at radius 2 is 2.00 bits per heavy atom. The van der Waals surface area contributed by atoms with Crippen LogP contribution in [0.4, 0.5) is 23.1 Å². The van der Waals surface area contributed by atoms with Crippen LogP contribution in [0.25, 0.3) is 0 Å². The molecule has 1 aliphatic rings. The van der Waals surface area contributed by atoms with Crippen molar-refractivity contribution in [3.63, 3.8) is 0 Å². The molecular weight excluding hydrogens is 318 g/mol. The first-order chi connectivity index (χ1) is 12.1. The van der Waals surface area contributed by atoms with Gasteiger partial charge in [-0.05, 0) is 44.0 Å². The van der Waals surface area contributed by atoms with Gasteiger partial charge < -0.3 is 20.7 Å². The van der Waals surface area contributed by atoms with Crippen molar-refractivity contribution >= 4 is 29.0 Å². The van der Waals surface area contributed by atoms with Crippen molar-refractivity contribution in [2.24, 2.45) is 0 Å². The Hall–Kier alpha value is -2.67. The number of nitrogens with one attached hydrogen (secondary N) is 3. The average molecular weight is 341 g/mol. The molecule has 1 amide bonds. The number of ether oxygens (including phenoxy) is 1. The second kappa shape index (κ2) is 7.94. The molecule has 1 saturated heterocycles. The summed E-state index contributed by atoms with van der Waals surface area (Å²) in [6.07, 6.45) is 2.47. The number of hydrogen-bond donors (Lipinski definition) is 3. The molecular formula is C18H23N5O2. The van der Waals surface area contributed by atoms with E-state index in [9.17, 15) is 4.79 Å². The number of benzene rings is 1. The van der Waals surface area contributed by atoms with Gasteiger partial charge in [0.1, 0.15) is 5.82 Å². The van der Waals surface area contributed by atoms with E-state index in [1.165, 1.54) is 6.92 Å². The Morgan fingerprint density at radius 1 is 1.24 bits per heavy atom. The van der Waals surface area contributed by atoms with Crippen molar-refractivity contribution < 1.29 is 9.53 Å². The van der Waals surface area contributed by atoms with E-state index >= 15 is 0 Å². The monoisotopic (exact) mass is 341 g/mol. The summed E-state index contributed by atoms with van der Waals surface area (Å²) in [7, 11) is 0. The molecule has 0 spiro atoms. The van der Waals surface area contributed by atoms with Crippen molar-refractivity contribution in [2.45, 2.75) is 32.8 Å². The Bertz CT molecular complexity index is 727. The summed E-state index contributed by atoms with van der Waals surface area (Å²) in [5, 5.41) is 9.25. The van der Waals surface area contributed by atoms with Gasteiger partial charge in [-0.1, -0.05) is 0 Å². The smallest absolute Gasteiger partial charge is 0.229 e. The molecule has 1 fully saturated rings. The molecule has 3 rings (SSSR count). The predicted octanol–water partition coefficient (Wildman–Crippen LogP) is 3.08. The zero-order chi connectivity index (χ0) is 17.6. The van der Waals surface area contributed by atoms with Crippen LogP contribution in [-0.2, 0) is 9.53 Å². The molecule has 7 heteroatoms. The number of hydrogen-bond acceptors (Lipinski definition) is 6. The number of rotatable bonds is 6. The quantitative estimate of drug-likeness (QED) is 0.748. The van der Waals surface area contributed by atoms with Crippen LogP contribution in [0.1, 0.15) is 25.5 Å². The lowest BCUT2D eigenvalue weighted by molar-refractivity contribution is -0.114. The summed E-state index contributed by atoms with van der Waals surface area (Å²) >= 11 is 0. The van der Waals surface area contributed by atoms with Gasteiger partial charge in [0.25, 0.3) is 0 Å². The largest absolute Gasteiger partial charge is 0.376 e. The molecule has 7 nitrogen and oxygen atoms in total. The number of aryl methyl sites for hydroxylation is 1.